The van der Waals surface area contributed by atoms with Crippen LogP contribution in [0.25, 0.3) is 0 Å². The van der Waals surface area contributed by atoms with Gasteiger partial charge >= 0.3 is 12.1 Å². The molecule has 1 saturated heterocycles. The minimum absolute atomic E-state index is 0.0280. The highest BCUT2D eigenvalue weighted by atomic mass is 16.6. The lowest BCUT2D eigenvalue weighted by molar-refractivity contribution is -0.145. The molecule has 0 spiro atoms. The number of nitrogens with zero attached hydrogens (tertiary/aromatic N) is 3. The minimum atomic E-state index is -1.08. The maximum Gasteiger partial charge on any atom is 0.410 e. The van der Waals surface area contributed by atoms with Crippen molar-refractivity contribution in [3.63, 3.8) is 0 Å². The summed E-state index contributed by atoms with van der Waals surface area (Å²) in [6.45, 7) is 5.74. The van der Waals surface area contributed by atoms with Crippen LogP contribution in [0.3, 0.4) is 0 Å². The van der Waals surface area contributed by atoms with Gasteiger partial charge in [0.15, 0.2) is 5.78 Å². The van der Waals surface area contributed by atoms with Crippen molar-refractivity contribution in [1.29, 1.82) is 0 Å². The molecule has 136 valence electrons. The van der Waals surface area contributed by atoms with Gasteiger partial charge in [-0.15, -0.1) is 0 Å². The minimum Gasteiger partial charge on any atom is -0.480 e. The molecular formula is C17H23N3O5. The molecule has 1 aromatic heterocycles. The van der Waals surface area contributed by atoms with E-state index in [9.17, 15) is 19.5 Å². The summed E-state index contributed by atoms with van der Waals surface area (Å²) >= 11 is 0. The van der Waals surface area contributed by atoms with Crippen LogP contribution < -0.4 is 0 Å². The van der Waals surface area contributed by atoms with Gasteiger partial charge in [0.05, 0.1) is 13.1 Å². The SMILES string of the molecule is CC(C)(C)OC(=O)N1CCN(CC(=O)c2ccccn2)[C@@H](C(=O)O)C1. The van der Waals surface area contributed by atoms with E-state index >= 15 is 0 Å². The smallest absolute Gasteiger partial charge is 0.410 e. The number of carboxylic acid groups (broad SMARTS) is 1. The average Bonchev–Trinajstić information content (AvgIpc) is 2.54. The van der Waals surface area contributed by atoms with Gasteiger partial charge in [-0.1, -0.05) is 6.07 Å². The monoisotopic (exact) mass is 349 g/mol. The van der Waals surface area contributed by atoms with Crippen LogP contribution >= 0.6 is 0 Å². The Morgan fingerprint density at radius 1 is 1.28 bits per heavy atom. The van der Waals surface area contributed by atoms with E-state index in [0.29, 0.717) is 12.2 Å². The number of ether oxygens (including phenoxy) is 1. The van der Waals surface area contributed by atoms with Gasteiger partial charge in [-0.3, -0.25) is 19.5 Å². The first kappa shape index (κ1) is 18.9. The first-order chi connectivity index (χ1) is 11.7. The van der Waals surface area contributed by atoms with E-state index in [-0.39, 0.29) is 25.4 Å². The summed E-state index contributed by atoms with van der Waals surface area (Å²) < 4.78 is 5.29. The quantitative estimate of drug-likeness (QED) is 0.817. The molecule has 1 aliphatic heterocycles. The van der Waals surface area contributed by atoms with Crippen molar-refractivity contribution < 1.29 is 24.2 Å². The Balaban J connectivity index is 2.03. The van der Waals surface area contributed by atoms with E-state index in [2.05, 4.69) is 4.98 Å². The van der Waals surface area contributed by atoms with Gasteiger partial charge in [-0.05, 0) is 32.9 Å². The number of carbonyl (C=O) groups is 3. The lowest BCUT2D eigenvalue weighted by atomic mass is 10.1. The number of carbonyl (C=O) groups excluding carboxylic acids is 2. The Morgan fingerprint density at radius 2 is 2.00 bits per heavy atom. The summed E-state index contributed by atoms with van der Waals surface area (Å²) in [7, 11) is 0. The highest BCUT2D eigenvalue weighted by molar-refractivity contribution is 5.96. The third-order valence-electron chi connectivity index (χ3n) is 3.73. The number of aliphatic carboxylic acids is 1. The van der Waals surface area contributed by atoms with E-state index in [1.165, 1.54) is 11.1 Å². The Morgan fingerprint density at radius 3 is 2.56 bits per heavy atom. The van der Waals surface area contributed by atoms with E-state index in [1.807, 2.05) is 0 Å². The third kappa shape index (κ3) is 5.25. The number of Topliss-reactive ketones (excluding diaryl/α,β-unsaturated/α-hetero) is 1. The Bertz CT molecular complexity index is 641. The number of piperazine rings is 1. The normalized spacial score (nSPS) is 18.7. The van der Waals surface area contributed by atoms with Crippen LogP contribution in [-0.2, 0) is 9.53 Å². The molecule has 1 aliphatic rings. The van der Waals surface area contributed by atoms with Gasteiger partial charge in [0, 0.05) is 19.3 Å². The molecule has 8 nitrogen and oxygen atoms in total. The Hall–Kier alpha value is -2.48. The molecule has 1 amide bonds. The molecule has 25 heavy (non-hydrogen) atoms. The van der Waals surface area contributed by atoms with E-state index in [0.717, 1.165) is 0 Å². The van der Waals surface area contributed by atoms with Crippen LogP contribution in [0.5, 0.6) is 0 Å². The molecule has 1 aromatic rings. The van der Waals surface area contributed by atoms with Crippen molar-refractivity contribution in [1.82, 2.24) is 14.8 Å². The van der Waals surface area contributed by atoms with Gasteiger partial charge < -0.3 is 14.7 Å². The van der Waals surface area contributed by atoms with E-state index < -0.39 is 23.7 Å². The van der Waals surface area contributed by atoms with Crippen molar-refractivity contribution in [2.45, 2.75) is 32.4 Å². The number of pyridine rings is 1. The Labute approximate surface area is 146 Å². The summed E-state index contributed by atoms with van der Waals surface area (Å²) in [6.07, 6.45) is 0.969. The lowest BCUT2D eigenvalue weighted by Gasteiger charge is -2.39. The largest absolute Gasteiger partial charge is 0.480 e. The predicted molar refractivity (Wildman–Crippen MR) is 89.4 cm³/mol. The van der Waals surface area contributed by atoms with Crippen molar-refractivity contribution in [3.05, 3.63) is 30.1 Å². The summed E-state index contributed by atoms with van der Waals surface area (Å²) in [5.41, 5.74) is -0.358. The molecule has 0 radical (unpaired) electrons. The van der Waals surface area contributed by atoms with E-state index in [1.54, 1.807) is 43.9 Å². The second kappa shape index (κ2) is 7.60. The summed E-state index contributed by atoms with van der Waals surface area (Å²) in [5, 5.41) is 9.48. The van der Waals surface area contributed by atoms with Gasteiger partial charge in [0.25, 0.3) is 0 Å². The summed E-state index contributed by atoms with van der Waals surface area (Å²) in [5.74, 6) is -1.33. The zero-order chi connectivity index (χ0) is 18.6. The molecule has 8 heteroatoms. The molecule has 1 fully saturated rings. The van der Waals surface area contributed by atoms with Gasteiger partial charge in [-0.25, -0.2) is 4.79 Å². The topological polar surface area (TPSA) is 100 Å². The fourth-order valence-corrected chi connectivity index (χ4v) is 2.53. The molecule has 0 aliphatic carbocycles. The molecule has 0 unspecified atom stereocenters. The number of ketones is 1. The van der Waals surface area contributed by atoms with Crippen LogP contribution in [0.2, 0.25) is 0 Å². The summed E-state index contributed by atoms with van der Waals surface area (Å²) in [6, 6.07) is 4.04. The second-order valence-corrected chi connectivity index (χ2v) is 6.89. The van der Waals surface area contributed by atoms with Crippen LogP contribution in [0.15, 0.2) is 24.4 Å². The predicted octanol–water partition coefficient (Wildman–Crippen LogP) is 1.27. The van der Waals surface area contributed by atoms with Crippen molar-refractivity contribution in [2.24, 2.45) is 0 Å². The average molecular weight is 349 g/mol. The fourth-order valence-electron chi connectivity index (χ4n) is 2.53. The first-order valence-corrected chi connectivity index (χ1v) is 8.06. The zero-order valence-electron chi connectivity index (χ0n) is 14.6. The van der Waals surface area contributed by atoms with Crippen LogP contribution in [0.1, 0.15) is 31.3 Å². The van der Waals surface area contributed by atoms with Crippen LogP contribution in [-0.4, -0.2) is 75.6 Å². The number of hydrogen-bond acceptors (Lipinski definition) is 6. The number of amides is 1. The summed E-state index contributed by atoms with van der Waals surface area (Å²) in [4.78, 5) is 42.9. The molecule has 0 aromatic carbocycles. The second-order valence-electron chi connectivity index (χ2n) is 6.89. The highest BCUT2D eigenvalue weighted by Gasteiger charge is 2.36. The van der Waals surface area contributed by atoms with Gasteiger partial charge in [-0.2, -0.15) is 0 Å². The standard InChI is InChI=1S/C17H23N3O5/c1-17(2,3)25-16(24)20-9-8-19(13(10-20)15(22)23)11-14(21)12-6-4-5-7-18-12/h4-7,13H,8-11H2,1-3H3,(H,22,23)/t13-/m1/s1. The highest BCUT2D eigenvalue weighted by Crippen LogP contribution is 2.16. The number of aromatic nitrogens is 1. The number of hydrogen-bond donors (Lipinski definition) is 1. The van der Waals surface area contributed by atoms with Crippen LogP contribution in [0, 0.1) is 0 Å². The molecule has 0 saturated carbocycles. The lowest BCUT2D eigenvalue weighted by Crippen LogP contribution is -2.59. The van der Waals surface area contributed by atoms with Crippen LogP contribution in [0.4, 0.5) is 4.79 Å². The molecular weight excluding hydrogens is 326 g/mol. The first-order valence-electron chi connectivity index (χ1n) is 8.06. The fraction of sp³-hybridized carbons (Fsp3) is 0.529. The third-order valence-corrected chi connectivity index (χ3v) is 3.73. The molecule has 1 N–H and O–H groups in total. The maximum atomic E-state index is 12.3. The van der Waals surface area contributed by atoms with Crippen molar-refractivity contribution in [3.8, 4) is 0 Å². The molecule has 2 rings (SSSR count). The van der Waals surface area contributed by atoms with Crippen molar-refractivity contribution >= 4 is 17.8 Å². The number of rotatable bonds is 4. The molecule has 2 heterocycles. The molecule has 1 atom stereocenters. The zero-order valence-corrected chi connectivity index (χ0v) is 14.6. The van der Waals surface area contributed by atoms with Gasteiger partial charge in [0.2, 0.25) is 0 Å². The van der Waals surface area contributed by atoms with Crippen molar-refractivity contribution in [2.75, 3.05) is 26.2 Å². The van der Waals surface area contributed by atoms with E-state index in [4.69, 9.17) is 4.74 Å². The van der Waals surface area contributed by atoms with Gasteiger partial charge in [0.1, 0.15) is 17.3 Å². The maximum absolute atomic E-state index is 12.3. The molecule has 0 bridgehead atoms. The Kier molecular flexibility index (Phi) is 5.73. The number of carboxylic acids is 1.